The summed E-state index contributed by atoms with van der Waals surface area (Å²) in [6, 6.07) is 10.4. The molecule has 29 heavy (non-hydrogen) atoms. The van der Waals surface area contributed by atoms with Crippen molar-refractivity contribution >= 4 is 46.4 Å². The van der Waals surface area contributed by atoms with Crippen molar-refractivity contribution in [2.75, 3.05) is 25.5 Å². The van der Waals surface area contributed by atoms with Gasteiger partial charge in [0.25, 0.3) is 0 Å². The van der Waals surface area contributed by atoms with E-state index in [0.29, 0.717) is 13.1 Å². The van der Waals surface area contributed by atoms with Crippen LogP contribution in [-0.4, -0.2) is 41.1 Å². The van der Waals surface area contributed by atoms with Gasteiger partial charge in [0.05, 0.1) is 18.8 Å². The number of hydrogen-bond acceptors (Lipinski definition) is 5. The van der Waals surface area contributed by atoms with Crippen LogP contribution in [0.4, 0.5) is 5.13 Å². The highest BCUT2D eigenvalue weighted by Gasteiger charge is 2.07. The number of hydrogen-bond donors (Lipinski definition) is 2. The molecule has 0 spiro atoms. The van der Waals surface area contributed by atoms with Gasteiger partial charge < -0.3 is 20.1 Å². The van der Waals surface area contributed by atoms with Crippen molar-refractivity contribution in [2.24, 2.45) is 4.99 Å². The fourth-order valence-corrected chi connectivity index (χ4v) is 3.42. The lowest BCUT2D eigenvalue weighted by molar-refractivity contribution is 0.688. The number of anilines is 1. The van der Waals surface area contributed by atoms with Crippen molar-refractivity contribution in [3.05, 3.63) is 65.2 Å². The van der Waals surface area contributed by atoms with Crippen molar-refractivity contribution in [3.8, 4) is 0 Å². The zero-order valence-electron chi connectivity index (χ0n) is 17.0. The first-order chi connectivity index (χ1) is 13.7. The number of thiazole rings is 1. The predicted molar refractivity (Wildman–Crippen MR) is 131 cm³/mol. The Bertz CT molecular complexity index is 889. The third kappa shape index (κ3) is 7.00. The molecule has 0 unspecified atom stereocenters. The van der Waals surface area contributed by atoms with Crippen LogP contribution in [0.5, 0.6) is 0 Å². The number of nitrogens with one attached hydrogen (secondary N) is 2. The predicted octanol–water partition coefficient (Wildman–Crippen LogP) is 3.33. The molecule has 0 saturated carbocycles. The van der Waals surface area contributed by atoms with Crippen LogP contribution in [-0.2, 0) is 19.6 Å². The molecule has 0 aliphatic heterocycles. The fraction of sp³-hybridized carbons (Fsp3) is 0.350. The Kier molecular flexibility index (Phi) is 9.39. The molecule has 9 heteroatoms. The molecule has 0 bridgehead atoms. The lowest BCUT2D eigenvalue weighted by Crippen LogP contribution is -2.37. The molecule has 0 fully saturated rings. The zero-order chi connectivity index (χ0) is 19.8. The number of halogens is 1. The van der Waals surface area contributed by atoms with E-state index in [4.69, 9.17) is 0 Å². The molecule has 2 aromatic heterocycles. The molecule has 3 rings (SSSR count). The lowest BCUT2D eigenvalue weighted by Gasteiger charge is -2.12. The van der Waals surface area contributed by atoms with Gasteiger partial charge in [-0.15, -0.1) is 35.3 Å². The smallest absolute Gasteiger partial charge is 0.192 e. The molecule has 0 aliphatic rings. The zero-order valence-corrected chi connectivity index (χ0v) is 20.1. The Morgan fingerprint density at radius 2 is 2.00 bits per heavy atom. The van der Waals surface area contributed by atoms with Gasteiger partial charge in [-0.1, -0.05) is 30.3 Å². The number of aliphatic imine (C=N–C) groups is 1. The Morgan fingerprint density at radius 3 is 2.69 bits per heavy atom. The van der Waals surface area contributed by atoms with Gasteiger partial charge in [-0.3, -0.25) is 0 Å². The van der Waals surface area contributed by atoms with E-state index in [9.17, 15) is 0 Å². The Morgan fingerprint density at radius 1 is 1.21 bits per heavy atom. The van der Waals surface area contributed by atoms with E-state index in [-0.39, 0.29) is 24.0 Å². The third-order valence-electron chi connectivity index (χ3n) is 4.08. The van der Waals surface area contributed by atoms with Crippen LogP contribution in [0.1, 0.15) is 24.0 Å². The van der Waals surface area contributed by atoms with Gasteiger partial charge in [0.2, 0.25) is 0 Å². The van der Waals surface area contributed by atoms with Crippen molar-refractivity contribution < 1.29 is 0 Å². The van der Waals surface area contributed by atoms with Crippen LogP contribution in [0, 0.1) is 0 Å². The van der Waals surface area contributed by atoms with Gasteiger partial charge in [0, 0.05) is 45.0 Å². The van der Waals surface area contributed by atoms with E-state index in [0.717, 1.165) is 35.7 Å². The van der Waals surface area contributed by atoms with E-state index in [2.05, 4.69) is 66.7 Å². The fourth-order valence-electron chi connectivity index (χ4n) is 2.67. The molecule has 0 aliphatic carbocycles. The minimum Gasteiger partial charge on any atom is -0.357 e. The molecule has 0 atom stereocenters. The summed E-state index contributed by atoms with van der Waals surface area (Å²) in [4.78, 5) is 15.7. The molecule has 0 saturated heterocycles. The van der Waals surface area contributed by atoms with E-state index >= 15 is 0 Å². The molecule has 3 aromatic rings. The molecular weight excluding hydrogens is 497 g/mol. The summed E-state index contributed by atoms with van der Waals surface area (Å²) in [5.74, 6) is 1.73. The molecule has 2 heterocycles. The summed E-state index contributed by atoms with van der Waals surface area (Å²) in [5, 5.41) is 9.69. The number of imidazole rings is 1. The maximum atomic E-state index is 4.65. The van der Waals surface area contributed by atoms with Gasteiger partial charge in [-0.05, 0) is 12.5 Å². The standard InChI is InChI=1S/C20H27N7S.HI/c1-4-21-19(23-12-17-15-28-20(25-17)26(2)3)24-13-18-22-10-11-27(18)14-16-8-6-5-7-9-16;/h5-11,15H,4,12-14H2,1-3H3,(H2,21,23,24);1H. The molecule has 0 amide bonds. The number of nitrogens with zero attached hydrogens (tertiary/aromatic N) is 5. The van der Waals surface area contributed by atoms with E-state index in [1.165, 1.54) is 5.56 Å². The summed E-state index contributed by atoms with van der Waals surface area (Å²) in [5.41, 5.74) is 2.22. The molecule has 1 aromatic carbocycles. The second kappa shape index (κ2) is 11.8. The van der Waals surface area contributed by atoms with Crippen molar-refractivity contribution in [3.63, 3.8) is 0 Å². The molecule has 156 valence electrons. The monoisotopic (exact) mass is 525 g/mol. The molecular formula is C20H28IN7S. The summed E-state index contributed by atoms with van der Waals surface area (Å²) in [6.07, 6.45) is 3.84. The summed E-state index contributed by atoms with van der Waals surface area (Å²) >= 11 is 1.63. The van der Waals surface area contributed by atoms with Crippen LogP contribution >= 0.6 is 35.3 Å². The van der Waals surface area contributed by atoms with Crippen LogP contribution in [0.25, 0.3) is 0 Å². The van der Waals surface area contributed by atoms with E-state index in [1.54, 1.807) is 11.3 Å². The first-order valence-corrected chi connectivity index (χ1v) is 10.2. The van der Waals surface area contributed by atoms with Gasteiger partial charge >= 0.3 is 0 Å². The molecule has 2 N–H and O–H groups in total. The number of aromatic nitrogens is 3. The summed E-state index contributed by atoms with van der Waals surface area (Å²) in [7, 11) is 3.99. The lowest BCUT2D eigenvalue weighted by atomic mass is 10.2. The highest BCUT2D eigenvalue weighted by Crippen LogP contribution is 2.18. The second-order valence-corrected chi connectivity index (χ2v) is 7.36. The quantitative estimate of drug-likeness (QED) is 0.268. The van der Waals surface area contributed by atoms with Crippen molar-refractivity contribution in [1.29, 1.82) is 0 Å². The third-order valence-corrected chi connectivity index (χ3v) is 5.13. The number of guanidine groups is 1. The minimum absolute atomic E-state index is 0. The minimum atomic E-state index is 0. The van der Waals surface area contributed by atoms with Crippen LogP contribution in [0.2, 0.25) is 0 Å². The average molecular weight is 525 g/mol. The topological polar surface area (TPSA) is 70.4 Å². The first-order valence-electron chi connectivity index (χ1n) is 9.33. The number of rotatable bonds is 8. The summed E-state index contributed by atoms with van der Waals surface area (Å²) in [6.45, 7) is 4.80. The van der Waals surface area contributed by atoms with Gasteiger partial charge in [0.1, 0.15) is 5.82 Å². The summed E-state index contributed by atoms with van der Waals surface area (Å²) < 4.78 is 2.15. The van der Waals surface area contributed by atoms with Gasteiger partial charge in [-0.25, -0.2) is 15.0 Å². The highest BCUT2D eigenvalue weighted by atomic mass is 127. The van der Waals surface area contributed by atoms with Crippen LogP contribution in [0.3, 0.4) is 0 Å². The maximum absolute atomic E-state index is 4.65. The van der Waals surface area contributed by atoms with Gasteiger partial charge in [-0.2, -0.15) is 0 Å². The van der Waals surface area contributed by atoms with Gasteiger partial charge in [0.15, 0.2) is 11.1 Å². The highest BCUT2D eigenvalue weighted by molar-refractivity contribution is 14.0. The SMILES string of the molecule is CCNC(=NCc1csc(N(C)C)n1)NCc1nccn1Cc1ccccc1.I. The Labute approximate surface area is 193 Å². The number of benzene rings is 1. The molecule has 7 nitrogen and oxygen atoms in total. The van der Waals surface area contributed by atoms with Crippen LogP contribution < -0.4 is 15.5 Å². The average Bonchev–Trinajstić information content (AvgIpc) is 3.34. The maximum Gasteiger partial charge on any atom is 0.192 e. The molecule has 0 radical (unpaired) electrons. The first kappa shape index (κ1) is 23.1. The Hall–Kier alpha value is -2.14. The Balaban J connectivity index is 0.00000300. The van der Waals surface area contributed by atoms with Crippen molar-refractivity contribution in [2.45, 2.75) is 26.6 Å². The van der Waals surface area contributed by atoms with Crippen LogP contribution in [0.15, 0.2) is 53.1 Å². The normalized spacial score (nSPS) is 11.1. The van der Waals surface area contributed by atoms with E-state index < -0.39 is 0 Å². The van der Waals surface area contributed by atoms with Crippen molar-refractivity contribution in [1.82, 2.24) is 25.2 Å². The largest absolute Gasteiger partial charge is 0.357 e. The second-order valence-electron chi connectivity index (χ2n) is 6.52. The van der Waals surface area contributed by atoms with E-state index in [1.807, 2.05) is 37.5 Å².